The number of amides is 2. The van der Waals surface area contributed by atoms with E-state index in [1.807, 2.05) is 27.0 Å². The summed E-state index contributed by atoms with van der Waals surface area (Å²) in [6.07, 6.45) is 0.299. The Balaban J connectivity index is 1.18. The zero-order valence-electron chi connectivity index (χ0n) is 28.2. The van der Waals surface area contributed by atoms with Crippen LogP contribution in [0.5, 0.6) is 11.5 Å². The average molecular weight is 658 g/mol. The number of phenols is 1. The van der Waals surface area contributed by atoms with E-state index in [0.29, 0.717) is 31.6 Å². The third-order valence-electron chi connectivity index (χ3n) is 9.55. The molecule has 1 saturated heterocycles. The van der Waals surface area contributed by atoms with Crippen LogP contribution in [0.1, 0.15) is 78.4 Å². The Kier molecular flexibility index (Phi) is 9.28. The summed E-state index contributed by atoms with van der Waals surface area (Å²) in [5.74, 6) is -1.46. The van der Waals surface area contributed by atoms with Crippen LogP contribution in [0.15, 0.2) is 24.0 Å². The fraction of sp³-hybridized carbons (Fsp3) is 0.647. The van der Waals surface area contributed by atoms with Crippen molar-refractivity contribution in [3.05, 3.63) is 35.1 Å². The average Bonchev–Trinajstić information content (AvgIpc) is 3.32. The van der Waals surface area contributed by atoms with Crippen molar-refractivity contribution >= 4 is 23.9 Å². The fourth-order valence-corrected chi connectivity index (χ4v) is 7.50. The van der Waals surface area contributed by atoms with Crippen LogP contribution < -0.4 is 15.4 Å². The highest BCUT2D eigenvalue weighted by Crippen LogP contribution is 2.65. The topological polar surface area (TPSA) is 173 Å². The van der Waals surface area contributed by atoms with Crippen molar-refractivity contribution in [2.75, 3.05) is 20.1 Å². The number of esters is 2. The van der Waals surface area contributed by atoms with Crippen molar-refractivity contribution in [1.29, 1.82) is 0 Å². The molecule has 1 fully saturated rings. The molecule has 1 unspecified atom stereocenters. The SMILES string of the molecule is CC(C)C[C@H](NC(=O)OC(C)(C)C)C(=O)NCCC(=O)O[C@@H](C)C(=O)OC1=CC[C@]2(O)C3Cc4ccc(O)c5c4[C@@]2(CCN3C)[C@H]1O5. The van der Waals surface area contributed by atoms with Gasteiger partial charge in [-0.15, -0.1) is 0 Å². The largest absolute Gasteiger partial charge is 0.504 e. The Morgan fingerprint density at radius 3 is 2.57 bits per heavy atom. The van der Waals surface area contributed by atoms with Gasteiger partial charge in [-0.25, -0.2) is 9.59 Å². The van der Waals surface area contributed by atoms with Crippen molar-refractivity contribution in [2.45, 2.75) is 115 Å². The Bertz CT molecular complexity index is 1470. The fourth-order valence-electron chi connectivity index (χ4n) is 7.50. The summed E-state index contributed by atoms with van der Waals surface area (Å²) in [5.41, 5.74) is -1.09. The number of likely N-dealkylation sites (tertiary alicyclic amines) is 1. The van der Waals surface area contributed by atoms with Gasteiger partial charge in [-0.3, -0.25) is 9.59 Å². The summed E-state index contributed by atoms with van der Waals surface area (Å²) < 4.78 is 22.7. The molecule has 4 aliphatic rings. The van der Waals surface area contributed by atoms with E-state index >= 15 is 0 Å². The molecule has 5 rings (SSSR count). The summed E-state index contributed by atoms with van der Waals surface area (Å²) in [7, 11) is 1.98. The second kappa shape index (κ2) is 12.6. The quantitative estimate of drug-likeness (QED) is 0.215. The lowest BCUT2D eigenvalue weighted by Crippen LogP contribution is -2.74. The maximum atomic E-state index is 13.2. The first kappa shape index (κ1) is 34.5. The van der Waals surface area contributed by atoms with Crippen molar-refractivity contribution in [1.82, 2.24) is 15.5 Å². The maximum absolute atomic E-state index is 13.2. The highest BCUT2D eigenvalue weighted by molar-refractivity contribution is 5.86. The molecule has 2 amide bonds. The van der Waals surface area contributed by atoms with Gasteiger partial charge in [-0.2, -0.15) is 0 Å². The van der Waals surface area contributed by atoms with Gasteiger partial charge in [0.2, 0.25) is 5.91 Å². The summed E-state index contributed by atoms with van der Waals surface area (Å²) in [5, 5.41) is 28.1. The summed E-state index contributed by atoms with van der Waals surface area (Å²) in [6.45, 7) is 11.0. The number of likely N-dealkylation sites (N-methyl/N-ethyl adjacent to an activating group) is 1. The van der Waals surface area contributed by atoms with Crippen molar-refractivity contribution in [2.24, 2.45) is 5.92 Å². The predicted molar refractivity (Wildman–Crippen MR) is 168 cm³/mol. The number of carbonyl (C=O) groups excluding carboxylic acids is 4. The molecule has 4 N–H and O–H groups in total. The zero-order chi connectivity index (χ0) is 34.5. The number of aliphatic hydroxyl groups is 1. The molecule has 6 atom stereocenters. The molecule has 1 spiro atoms. The van der Waals surface area contributed by atoms with Gasteiger partial charge >= 0.3 is 18.0 Å². The van der Waals surface area contributed by atoms with Gasteiger partial charge in [-0.05, 0) is 84.2 Å². The lowest BCUT2D eigenvalue weighted by molar-refractivity contribution is -0.175. The third kappa shape index (κ3) is 6.39. The van der Waals surface area contributed by atoms with E-state index in [9.17, 15) is 29.4 Å². The number of carbonyl (C=O) groups is 4. The van der Waals surface area contributed by atoms with E-state index in [0.717, 1.165) is 11.1 Å². The van der Waals surface area contributed by atoms with Crippen molar-refractivity contribution in [3.63, 3.8) is 0 Å². The number of rotatable bonds is 10. The third-order valence-corrected chi connectivity index (χ3v) is 9.55. The molecular weight excluding hydrogens is 610 g/mol. The second-order valence-corrected chi connectivity index (χ2v) is 14.5. The number of hydrogen-bond donors (Lipinski definition) is 4. The molecule has 47 heavy (non-hydrogen) atoms. The molecule has 13 heteroatoms. The minimum atomic E-state index is -1.27. The summed E-state index contributed by atoms with van der Waals surface area (Å²) in [6, 6.07) is 2.40. The van der Waals surface area contributed by atoms with Crippen molar-refractivity contribution in [3.8, 4) is 11.5 Å². The van der Waals surface area contributed by atoms with Crippen molar-refractivity contribution < 1.29 is 48.3 Å². The van der Waals surface area contributed by atoms with Gasteiger partial charge in [0, 0.05) is 24.6 Å². The van der Waals surface area contributed by atoms with Gasteiger partial charge in [0.25, 0.3) is 0 Å². The van der Waals surface area contributed by atoms with Crippen LogP contribution in [0.2, 0.25) is 0 Å². The standard InChI is InChI=1S/C34H47N3O10/c1-18(2)16-21(36-31(42)47-32(4,5)6)29(40)35-14-11-25(39)44-19(3)30(41)45-23-10-12-34(43)24-17-20-8-9-22(38)27-26(20)33(34,28(23)46-27)13-15-37(24)7/h8-10,18-19,21,24,28,38,43H,11-17H2,1-7H3,(H,35,40)(H,36,42)/t19-,21-,24?,28-,33-,34-/m0/s1. The molecule has 1 aromatic carbocycles. The van der Waals surface area contributed by atoms with E-state index in [1.165, 1.54) is 6.92 Å². The number of benzene rings is 1. The van der Waals surface area contributed by atoms with Crippen LogP contribution in [-0.2, 0) is 40.4 Å². The van der Waals surface area contributed by atoms with Gasteiger partial charge in [0.05, 0.1) is 17.4 Å². The first-order valence-corrected chi connectivity index (χ1v) is 16.3. The Morgan fingerprint density at radius 2 is 1.89 bits per heavy atom. The van der Waals surface area contributed by atoms with Gasteiger partial charge in [0.1, 0.15) is 17.4 Å². The minimum absolute atomic E-state index is 0.0385. The monoisotopic (exact) mass is 657 g/mol. The molecule has 0 aromatic heterocycles. The lowest BCUT2D eigenvalue weighted by atomic mass is 9.50. The summed E-state index contributed by atoms with van der Waals surface area (Å²) >= 11 is 0. The molecular formula is C34H47N3O10. The zero-order valence-corrected chi connectivity index (χ0v) is 28.2. The number of piperidine rings is 1. The number of alkyl carbamates (subject to hydrolysis) is 1. The van der Waals surface area contributed by atoms with E-state index in [2.05, 4.69) is 15.5 Å². The van der Waals surface area contributed by atoms with E-state index < -0.39 is 58.8 Å². The molecule has 1 aromatic rings. The van der Waals surface area contributed by atoms with Crippen LogP contribution in [0, 0.1) is 5.92 Å². The van der Waals surface area contributed by atoms with Crippen LogP contribution in [0.3, 0.4) is 0 Å². The number of hydrogen-bond acceptors (Lipinski definition) is 11. The van der Waals surface area contributed by atoms with Gasteiger partial charge in [-0.1, -0.05) is 19.9 Å². The van der Waals surface area contributed by atoms with Crippen LogP contribution in [0.4, 0.5) is 4.79 Å². The molecule has 2 aliphatic heterocycles. The predicted octanol–water partition coefficient (Wildman–Crippen LogP) is 2.59. The van der Waals surface area contributed by atoms with Crippen LogP contribution >= 0.6 is 0 Å². The number of ether oxygens (including phenoxy) is 4. The first-order valence-electron chi connectivity index (χ1n) is 16.3. The molecule has 0 radical (unpaired) electrons. The number of phenolic OH excluding ortho intramolecular Hbond substituents is 1. The van der Waals surface area contributed by atoms with E-state index in [4.69, 9.17) is 18.9 Å². The van der Waals surface area contributed by atoms with Crippen LogP contribution in [-0.4, -0.2) is 94.7 Å². The normalized spacial score (nSPS) is 27.0. The molecule has 2 aliphatic carbocycles. The Labute approximate surface area is 274 Å². The molecule has 13 nitrogen and oxygen atoms in total. The number of nitrogens with one attached hydrogen (secondary N) is 2. The number of aromatic hydroxyl groups is 1. The Hall–Kier alpha value is -3.84. The highest BCUT2D eigenvalue weighted by Gasteiger charge is 2.72. The number of nitrogens with zero attached hydrogens (tertiary/aromatic N) is 1. The molecule has 2 heterocycles. The van der Waals surface area contributed by atoms with Gasteiger partial charge < -0.3 is 44.7 Å². The lowest BCUT2D eigenvalue weighted by Gasteiger charge is -2.61. The smallest absolute Gasteiger partial charge is 0.408 e. The summed E-state index contributed by atoms with van der Waals surface area (Å²) in [4.78, 5) is 53.0. The minimum Gasteiger partial charge on any atom is -0.504 e. The van der Waals surface area contributed by atoms with Crippen LogP contribution in [0.25, 0.3) is 0 Å². The maximum Gasteiger partial charge on any atom is 0.408 e. The van der Waals surface area contributed by atoms with E-state index in [-0.39, 0.29) is 42.9 Å². The highest BCUT2D eigenvalue weighted by atomic mass is 16.6. The molecule has 2 bridgehead atoms. The second-order valence-electron chi connectivity index (χ2n) is 14.5. The first-order chi connectivity index (χ1) is 22.0. The van der Waals surface area contributed by atoms with E-state index in [1.54, 1.807) is 32.9 Å². The molecule has 258 valence electrons. The molecule has 0 saturated carbocycles. The Morgan fingerprint density at radius 1 is 1.17 bits per heavy atom. The van der Waals surface area contributed by atoms with Gasteiger partial charge in [0.15, 0.2) is 23.7 Å².